The van der Waals surface area contributed by atoms with E-state index in [4.69, 9.17) is 19.7 Å². The highest BCUT2D eigenvalue weighted by Crippen LogP contribution is 2.18. The number of ether oxygens (including phenoxy) is 2. The average Bonchev–Trinajstić information content (AvgIpc) is 2.94. The van der Waals surface area contributed by atoms with E-state index < -0.39 is 0 Å². The first-order valence-corrected chi connectivity index (χ1v) is 15.8. The summed E-state index contributed by atoms with van der Waals surface area (Å²) in [5.74, 6) is 0.165. The van der Waals surface area contributed by atoms with Gasteiger partial charge in [-0.25, -0.2) is 0 Å². The summed E-state index contributed by atoms with van der Waals surface area (Å²) in [6.45, 7) is 7.04. The first kappa shape index (κ1) is 38.3. The second kappa shape index (κ2) is 30.2. The quantitative estimate of drug-likeness (QED) is 0.0712. The van der Waals surface area contributed by atoms with Crippen molar-refractivity contribution in [3.63, 3.8) is 0 Å². The third-order valence-electron chi connectivity index (χ3n) is 6.65. The van der Waals surface area contributed by atoms with Gasteiger partial charge in [0.05, 0.1) is 39.6 Å². The van der Waals surface area contributed by atoms with E-state index in [-0.39, 0.29) is 25.0 Å². The molecular weight excluding hydrogens is 508 g/mol. The van der Waals surface area contributed by atoms with Crippen molar-refractivity contribution in [1.82, 2.24) is 10.6 Å². The van der Waals surface area contributed by atoms with Gasteiger partial charge in [-0.15, -0.1) is 0 Å². The van der Waals surface area contributed by atoms with E-state index in [9.17, 15) is 9.59 Å². The lowest BCUT2D eigenvalue weighted by Gasteiger charge is -2.08. The van der Waals surface area contributed by atoms with Crippen LogP contribution >= 0.6 is 0 Å². The number of carbonyl (C=O) groups excluding carboxylic acids is 2. The Morgan fingerprint density at radius 2 is 1.10 bits per heavy atom. The van der Waals surface area contributed by atoms with E-state index >= 15 is 0 Å². The Hall–Kier alpha value is -1.74. The molecule has 0 aliphatic carbocycles. The average molecular weight is 569 g/mol. The van der Waals surface area contributed by atoms with Gasteiger partial charge in [0.2, 0.25) is 11.8 Å². The highest BCUT2D eigenvalue weighted by atomic mass is 16.5. The third kappa shape index (κ3) is 27.8. The first-order chi connectivity index (χ1) is 19.5. The Balaban J connectivity index is 3.83. The first-order valence-electron chi connectivity index (χ1n) is 15.8. The molecule has 0 aromatic carbocycles. The molecule has 0 heterocycles. The number of amides is 2. The Bertz CT molecular complexity index is 666. The van der Waals surface area contributed by atoms with Crippen molar-refractivity contribution in [2.75, 3.05) is 52.7 Å². The van der Waals surface area contributed by atoms with Crippen LogP contribution in [-0.4, -0.2) is 74.8 Å². The minimum absolute atomic E-state index is 0.0118. The second-order valence-corrected chi connectivity index (χ2v) is 10.4. The molecule has 0 aromatic heterocycles. The van der Waals surface area contributed by atoms with E-state index in [1.807, 2.05) is 0 Å². The maximum absolute atomic E-state index is 11.8. The lowest BCUT2D eigenvalue weighted by Crippen LogP contribution is -2.27. The molecule has 0 saturated heterocycles. The zero-order valence-electron chi connectivity index (χ0n) is 25.7. The molecule has 0 spiro atoms. The lowest BCUT2D eigenvalue weighted by atomic mass is 10.00. The van der Waals surface area contributed by atoms with Crippen LogP contribution in [0.3, 0.4) is 0 Å². The molecular formula is C32H60N2O6. The largest absolute Gasteiger partial charge is 0.394 e. The molecule has 40 heavy (non-hydrogen) atoms. The lowest BCUT2D eigenvalue weighted by molar-refractivity contribution is -0.122. The summed E-state index contributed by atoms with van der Waals surface area (Å²) < 4.78 is 10.3. The summed E-state index contributed by atoms with van der Waals surface area (Å²) in [6, 6.07) is 0. The van der Waals surface area contributed by atoms with Gasteiger partial charge >= 0.3 is 0 Å². The van der Waals surface area contributed by atoms with Crippen LogP contribution in [0.5, 0.6) is 0 Å². The van der Waals surface area contributed by atoms with Crippen molar-refractivity contribution in [2.45, 2.75) is 117 Å². The van der Waals surface area contributed by atoms with Crippen LogP contribution in [0.1, 0.15) is 117 Å². The van der Waals surface area contributed by atoms with Crippen molar-refractivity contribution in [2.24, 2.45) is 0 Å². The van der Waals surface area contributed by atoms with Crippen LogP contribution < -0.4 is 10.6 Å². The molecule has 0 saturated carbocycles. The number of aliphatic hydroxyl groups is 2. The summed E-state index contributed by atoms with van der Waals surface area (Å²) in [6.07, 6.45) is 21.6. The van der Waals surface area contributed by atoms with Gasteiger partial charge in [-0.3, -0.25) is 9.59 Å². The van der Waals surface area contributed by atoms with Gasteiger partial charge in [-0.05, 0) is 64.7 Å². The topological polar surface area (TPSA) is 117 Å². The van der Waals surface area contributed by atoms with E-state index in [2.05, 4.69) is 36.6 Å². The molecule has 8 heteroatoms. The summed E-state index contributed by atoms with van der Waals surface area (Å²) in [4.78, 5) is 23.6. The minimum Gasteiger partial charge on any atom is -0.394 e. The zero-order chi connectivity index (χ0) is 29.5. The van der Waals surface area contributed by atoms with Crippen LogP contribution in [-0.2, 0) is 19.1 Å². The van der Waals surface area contributed by atoms with Crippen LogP contribution in [0.2, 0.25) is 0 Å². The molecule has 0 aromatic rings. The van der Waals surface area contributed by atoms with E-state index in [1.54, 1.807) is 5.57 Å². The Morgan fingerprint density at radius 1 is 0.625 bits per heavy atom. The van der Waals surface area contributed by atoms with Crippen molar-refractivity contribution in [3.05, 3.63) is 23.3 Å². The molecule has 2 amide bonds. The highest BCUT2D eigenvalue weighted by Gasteiger charge is 2.03. The number of unbranched alkanes of at least 4 members (excludes halogenated alkanes) is 7. The van der Waals surface area contributed by atoms with Gasteiger partial charge < -0.3 is 30.3 Å². The van der Waals surface area contributed by atoms with Gasteiger partial charge in [0.1, 0.15) is 0 Å². The number of aliphatic hydroxyl groups excluding tert-OH is 2. The number of rotatable bonds is 29. The third-order valence-corrected chi connectivity index (χ3v) is 6.65. The highest BCUT2D eigenvalue weighted by molar-refractivity contribution is 5.76. The molecule has 4 N–H and O–H groups in total. The van der Waals surface area contributed by atoms with Crippen molar-refractivity contribution >= 4 is 11.8 Å². The number of hydrogen-bond donors (Lipinski definition) is 4. The predicted octanol–water partition coefficient (Wildman–Crippen LogP) is 5.37. The zero-order valence-corrected chi connectivity index (χ0v) is 25.7. The molecule has 8 nitrogen and oxygen atoms in total. The number of allylic oxidation sites excluding steroid dienone is 4. The number of carbonyl (C=O) groups is 2. The fourth-order valence-electron chi connectivity index (χ4n) is 4.44. The molecule has 0 rings (SSSR count). The van der Waals surface area contributed by atoms with Crippen LogP contribution in [0.15, 0.2) is 23.3 Å². The minimum atomic E-state index is 0.0118. The van der Waals surface area contributed by atoms with Gasteiger partial charge in [-0.2, -0.15) is 0 Å². The molecule has 234 valence electrons. The van der Waals surface area contributed by atoms with Gasteiger partial charge in [0.25, 0.3) is 0 Å². The number of hydrogen-bond acceptors (Lipinski definition) is 6. The summed E-state index contributed by atoms with van der Waals surface area (Å²) >= 11 is 0. The molecule has 0 unspecified atom stereocenters. The van der Waals surface area contributed by atoms with E-state index in [0.717, 1.165) is 57.8 Å². The molecule has 0 fully saturated rings. The molecule has 0 aliphatic rings. The predicted molar refractivity (Wildman–Crippen MR) is 163 cm³/mol. The summed E-state index contributed by atoms with van der Waals surface area (Å²) in [7, 11) is 0. The summed E-state index contributed by atoms with van der Waals surface area (Å²) in [5.41, 5.74) is 3.05. The van der Waals surface area contributed by atoms with Gasteiger partial charge in [0, 0.05) is 25.9 Å². The maximum Gasteiger partial charge on any atom is 0.220 e. The van der Waals surface area contributed by atoms with Crippen molar-refractivity contribution < 1.29 is 29.3 Å². The second-order valence-electron chi connectivity index (χ2n) is 10.4. The van der Waals surface area contributed by atoms with Crippen LogP contribution in [0, 0.1) is 0 Å². The smallest absolute Gasteiger partial charge is 0.220 e. The molecule has 0 bridgehead atoms. The van der Waals surface area contributed by atoms with Crippen LogP contribution in [0.4, 0.5) is 0 Å². The Kier molecular flexibility index (Phi) is 28.9. The van der Waals surface area contributed by atoms with Gasteiger partial charge in [-0.1, -0.05) is 62.3 Å². The maximum atomic E-state index is 11.8. The fourth-order valence-corrected chi connectivity index (χ4v) is 4.44. The van der Waals surface area contributed by atoms with Crippen LogP contribution in [0.25, 0.3) is 0 Å². The Labute approximate surface area is 244 Å². The van der Waals surface area contributed by atoms with E-state index in [0.29, 0.717) is 52.4 Å². The number of nitrogens with one attached hydrogen (secondary N) is 2. The van der Waals surface area contributed by atoms with Gasteiger partial charge in [0.15, 0.2) is 0 Å². The molecule has 0 aliphatic heterocycles. The monoisotopic (exact) mass is 568 g/mol. The van der Waals surface area contributed by atoms with Crippen molar-refractivity contribution in [3.8, 4) is 0 Å². The standard InChI is InChI=1S/C32H60N2O6/c1-3-14-30(17-9-5-7-11-20-32(38)34-22-26-40-28-24-36)18-13-12-16-29(2)15-8-4-6-10-19-31(37)33-21-25-39-27-23-35/h16,18,35-36H,3-15,17,19-28H2,1-2H3,(H,33,37)(H,34,38). The summed E-state index contributed by atoms with van der Waals surface area (Å²) in [5, 5.41) is 23.0. The van der Waals surface area contributed by atoms with E-state index in [1.165, 1.54) is 37.7 Å². The SMILES string of the molecule is CCCC(=CCCC=C(C)CCCCCCC(=O)NCCOCCO)CCCCCCC(=O)NCCOCCO. The normalized spacial score (nSPS) is 12.1. The molecule has 0 atom stereocenters. The Morgan fingerprint density at radius 3 is 1.60 bits per heavy atom. The van der Waals surface area contributed by atoms with Crippen molar-refractivity contribution in [1.29, 1.82) is 0 Å². The molecule has 0 radical (unpaired) electrons. The fraction of sp³-hybridized carbons (Fsp3) is 0.812.